The fraction of sp³-hybridized carbons (Fsp3) is 0.188. The van der Waals surface area contributed by atoms with Crippen molar-refractivity contribution in [1.82, 2.24) is 5.09 Å². The van der Waals surface area contributed by atoms with Gasteiger partial charge in [-0.2, -0.15) is 0 Å². The summed E-state index contributed by atoms with van der Waals surface area (Å²) in [5.41, 5.74) is 0. The number of ether oxygens (including phenoxy) is 1. The van der Waals surface area contributed by atoms with E-state index in [-0.39, 0.29) is 0 Å². The van der Waals surface area contributed by atoms with Gasteiger partial charge in [0.15, 0.2) is 0 Å². The van der Waals surface area contributed by atoms with Crippen molar-refractivity contribution in [3.05, 3.63) is 58.6 Å². The molecule has 0 radical (unpaired) electrons. The van der Waals surface area contributed by atoms with E-state index in [1.54, 1.807) is 49.4 Å². The number of hydrogen-bond acceptors (Lipinski definition) is 5. The summed E-state index contributed by atoms with van der Waals surface area (Å²) < 4.78 is 23.7. The zero-order valence-electron chi connectivity index (χ0n) is 13.4. The molecule has 25 heavy (non-hydrogen) atoms. The molecule has 2 rings (SSSR count). The van der Waals surface area contributed by atoms with Crippen molar-refractivity contribution in [2.24, 2.45) is 0 Å². The molecule has 0 aromatic heterocycles. The van der Waals surface area contributed by atoms with E-state index in [2.05, 4.69) is 9.82 Å². The Morgan fingerprint density at radius 1 is 1.16 bits per heavy atom. The Labute approximate surface area is 160 Å². The van der Waals surface area contributed by atoms with Crippen LogP contribution in [-0.4, -0.2) is 19.1 Å². The van der Waals surface area contributed by atoms with E-state index in [1.165, 1.54) is 7.11 Å². The number of para-hydroxylation sites is 1. The average molecular weight is 420 g/mol. The molecular formula is C16H16Cl2NO4PS. The van der Waals surface area contributed by atoms with Gasteiger partial charge in [-0.05, 0) is 48.6 Å². The minimum atomic E-state index is -3.58. The number of esters is 1. The van der Waals surface area contributed by atoms with E-state index >= 15 is 0 Å². The summed E-state index contributed by atoms with van der Waals surface area (Å²) in [6.07, 6.45) is 0. The molecule has 0 amide bonds. The smallest absolute Gasteiger partial charge is 0.379 e. The molecule has 2 aromatic rings. The van der Waals surface area contributed by atoms with Crippen molar-refractivity contribution in [1.29, 1.82) is 0 Å². The molecule has 0 fully saturated rings. The van der Waals surface area contributed by atoms with Gasteiger partial charge in [-0.15, -0.1) is 0 Å². The fourth-order valence-electron chi connectivity index (χ4n) is 1.88. The number of rotatable bonds is 7. The Morgan fingerprint density at radius 2 is 1.76 bits per heavy atom. The van der Waals surface area contributed by atoms with Gasteiger partial charge in [0.1, 0.15) is 11.8 Å². The summed E-state index contributed by atoms with van der Waals surface area (Å²) in [6.45, 7) is -2.04. The molecule has 0 heterocycles. The van der Waals surface area contributed by atoms with E-state index in [1.807, 2.05) is 6.07 Å². The van der Waals surface area contributed by atoms with Crippen molar-refractivity contribution >= 4 is 47.3 Å². The SMILES string of the molecule is COC(=O)[C@H](C)N[P@@](=O)(Oc1ccccc1)Sc1cc(Cl)cc(Cl)c1. The first kappa shape index (κ1) is 20.1. The van der Waals surface area contributed by atoms with Gasteiger partial charge >= 0.3 is 12.7 Å². The van der Waals surface area contributed by atoms with Gasteiger partial charge in [-0.1, -0.05) is 41.4 Å². The quantitative estimate of drug-likeness (QED) is 0.477. The predicted molar refractivity (Wildman–Crippen MR) is 102 cm³/mol. The van der Waals surface area contributed by atoms with Crippen molar-refractivity contribution in [2.75, 3.05) is 7.11 Å². The van der Waals surface area contributed by atoms with Crippen LogP contribution >= 0.6 is 41.3 Å². The maximum atomic E-state index is 13.3. The molecule has 0 saturated carbocycles. The first-order chi connectivity index (χ1) is 11.8. The molecule has 5 nitrogen and oxygen atoms in total. The second-order valence-corrected chi connectivity index (χ2v) is 9.92. The van der Waals surface area contributed by atoms with Gasteiger partial charge in [0.25, 0.3) is 0 Å². The Bertz CT molecular complexity index is 771. The fourth-order valence-corrected chi connectivity index (χ4v) is 6.44. The van der Waals surface area contributed by atoms with Crippen LogP contribution in [0.5, 0.6) is 5.75 Å². The maximum absolute atomic E-state index is 13.3. The Morgan fingerprint density at radius 3 is 2.32 bits per heavy atom. The normalized spacial score (nSPS) is 14.4. The topological polar surface area (TPSA) is 64.6 Å². The Kier molecular flexibility index (Phi) is 7.23. The van der Waals surface area contributed by atoms with Crippen molar-refractivity contribution < 1.29 is 18.6 Å². The molecule has 0 aliphatic heterocycles. The van der Waals surface area contributed by atoms with Gasteiger partial charge in [0.2, 0.25) is 0 Å². The lowest BCUT2D eigenvalue weighted by atomic mass is 10.3. The average Bonchev–Trinajstić information content (AvgIpc) is 2.53. The Balaban J connectivity index is 2.30. The maximum Gasteiger partial charge on any atom is 0.379 e. The number of benzene rings is 2. The first-order valence-electron chi connectivity index (χ1n) is 7.17. The number of hydrogen-bond donors (Lipinski definition) is 1. The number of carbonyl (C=O) groups excluding carboxylic acids is 1. The second-order valence-electron chi connectivity index (χ2n) is 4.97. The van der Waals surface area contributed by atoms with Crippen LogP contribution in [0, 0.1) is 0 Å². The van der Waals surface area contributed by atoms with E-state index < -0.39 is 18.7 Å². The lowest BCUT2D eigenvalue weighted by Crippen LogP contribution is -2.33. The van der Waals surface area contributed by atoms with Gasteiger partial charge in [-0.25, -0.2) is 9.65 Å². The van der Waals surface area contributed by atoms with Crippen molar-refractivity contribution in [3.63, 3.8) is 0 Å². The van der Waals surface area contributed by atoms with Crippen LogP contribution in [0.3, 0.4) is 0 Å². The standard InChI is InChI=1S/C16H16Cl2NO4PS/c1-11(16(20)22-2)19-24(21,23-14-6-4-3-5-7-14)25-15-9-12(17)8-13(18)10-15/h3-11H,1-2H3,(H,19,21)/t11-,24+/m0/s1. The number of halogens is 2. The van der Waals surface area contributed by atoms with Crippen LogP contribution in [0.25, 0.3) is 0 Å². The van der Waals surface area contributed by atoms with Crippen LogP contribution < -0.4 is 9.61 Å². The van der Waals surface area contributed by atoms with Crippen LogP contribution in [0.4, 0.5) is 0 Å². The van der Waals surface area contributed by atoms with E-state index in [0.717, 1.165) is 11.4 Å². The highest BCUT2D eigenvalue weighted by atomic mass is 35.5. The lowest BCUT2D eigenvalue weighted by molar-refractivity contribution is -0.142. The molecule has 2 atom stereocenters. The second kappa shape index (κ2) is 8.97. The lowest BCUT2D eigenvalue weighted by Gasteiger charge is -2.22. The molecule has 0 aliphatic carbocycles. The number of carbonyl (C=O) groups is 1. The molecule has 0 aliphatic rings. The third kappa shape index (κ3) is 6.24. The van der Waals surface area contributed by atoms with Crippen molar-refractivity contribution in [3.8, 4) is 5.75 Å². The van der Waals surface area contributed by atoms with Gasteiger partial charge < -0.3 is 9.26 Å². The minimum Gasteiger partial charge on any atom is -0.468 e. The van der Waals surface area contributed by atoms with Gasteiger partial charge in [-0.3, -0.25) is 4.79 Å². The van der Waals surface area contributed by atoms with Crippen LogP contribution in [0.15, 0.2) is 53.4 Å². The van der Waals surface area contributed by atoms with E-state index in [9.17, 15) is 9.36 Å². The van der Waals surface area contributed by atoms with Crippen LogP contribution in [0.2, 0.25) is 10.0 Å². The monoisotopic (exact) mass is 419 g/mol. The molecule has 2 aromatic carbocycles. The molecule has 0 spiro atoms. The van der Waals surface area contributed by atoms with Gasteiger partial charge in [0.05, 0.1) is 7.11 Å². The zero-order valence-corrected chi connectivity index (χ0v) is 16.7. The highest BCUT2D eigenvalue weighted by Gasteiger charge is 2.32. The highest BCUT2D eigenvalue weighted by molar-refractivity contribution is 8.56. The highest BCUT2D eigenvalue weighted by Crippen LogP contribution is 2.59. The molecule has 0 bridgehead atoms. The molecule has 0 saturated heterocycles. The minimum absolute atomic E-state index is 0.399. The third-order valence-corrected chi connectivity index (χ3v) is 7.11. The molecule has 0 unspecified atom stereocenters. The van der Waals surface area contributed by atoms with Crippen LogP contribution in [-0.2, 0) is 14.1 Å². The van der Waals surface area contributed by atoms with Gasteiger partial charge in [0, 0.05) is 14.9 Å². The number of nitrogens with one attached hydrogen (secondary N) is 1. The zero-order chi connectivity index (χ0) is 18.4. The largest absolute Gasteiger partial charge is 0.468 e. The van der Waals surface area contributed by atoms with Crippen molar-refractivity contribution in [2.45, 2.75) is 17.9 Å². The summed E-state index contributed by atoms with van der Waals surface area (Å²) >= 11 is 12.9. The summed E-state index contributed by atoms with van der Waals surface area (Å²) in [5.74, 6) is -0.155. The third-order valence-electron chi connectivity index (χ3n) is 2.94. The molecular weight excluding hydrogens is 404 g/mol. The summed E-state index contributed by atoms with van der Waals surface area (Å²) in [6, 6.07) is 12.6. The summed E-state index contributed by atoms with van der Waals surface area (Å²) in [7, 11) is 1.26. The molecule has 134 valence electrons. The summed E-state index contributed by atoms with van der Waals surface area (Å²) in [4.78, 5) is 12.2. The molecule has 9 heteroatoms. The van der Waals surface area contributed by atoms with E-state index in [4.69, 9.17) is 27.7 Å². The molecule has 1 N–H and O–H groups in total. The van der Waals surface area contributed by atoms with Crippen LogP contribution in [0.1, 0.15) is 6.92 Å². The number of methoxy groups -OCH3 is 1. The Hall–Kier alpha value is -1.17. The first-order valence-corrected chi connectivity index (χ1v) is 11.0. The summed E-state index contributed by atoms with van der Waals surface area (Å²) in [5, 5.41) is 3.53. The van der Waals surface area contributed by atoms with E-state index in [0.29, 0.717) is 20.7 Å². The predicted octanol–water partition coefficient (Wildman–Crippen LogP) is 5.42.